The van der Waals surface area contributed by atoms with Crippen molar-refractivity contribution in [3.05, 3.63) is 17.5 Å². The maximum Gasteiger partial charge on any atom is 0.272 e. The quantitative estimate of drug-likeness (QED) is 0.783. The molecule has 0 aliphatic rings. The van der Waals surface area contributed by atoms with Crippen LogP contribution in [0.1, 0.15) is 23.1 Å². The van der Waals surface area contributed by atoms with Crippen LogP contribution in [0.2, 0.25) is 0 Å². The van der Waals surface area contributed by atoms with Crippen molar-refractivity contribution >= 4 is 5.91 Å². The molecule has 0 saturated carbocycles. The molecule has 1 aromatic heterocycles. The molecule has 1 aromatic rings. The minimum atomic E-state index is -0.572. The van der Waals surface area contributed by atoms with Gasteiger partial charge in [0.2, 0.25) is 0 Å². The van der Waals surface area contributed by atoms with Crippen LogP contribution in [0.4, 0.5) is 4.39 Å². The number of nitrogens with one attached hydrogen (secondary N) is 1. The monoisotopic (exact) mass is 199 g/mol. The summed E-state index contributed by atoms with van der Waals surface area (Å²) >= 11 is 0. The first kappa shape index (κ1) is 10.7. The van der Waals surface area contributed by atoms with E-state index < -0.39 is 12.7 Å². The van der Waals surface area contributed by atoms with Crippen molar-refractivity contribution in [2.24, 2.45) is 7.05 Å². The third-order valence-corrected chi connectivity index (χ3v) is 1.96. The van der Waals surface area contributed by atoms with Gasteiger partial charge < -0.3 is 5.32 Å². The number of hydrogen-bond acceptors (Lipinski definition) is 2. The van der Waals surface area contributed by atoms with Crippen molar-refractivity contribution < 1.29 is 9.18 Å². The van der Waals surface area contributed by atoms with Crippen LogP contribution < -0.4 is 5.32 Å². The maximum absolute atomic E-state index is 12.1. The lowest BCUT2D eigenvalue weighted by Gasteiger charge is -2.07. The summed E-state index contributed by atoms with van der Waals surface area (Å²) < 4.78 is 13.7. The zero-order valence-corrected chi connectivity index (χ0v) is 8.54. The average Bonchev–Trinajstić information content (AvgIpc) is 2.47. The maximum atomic E-state index is 12.1. The predicted octanol–water partition coefficient (Wildman–Crippen LogP) is 0.816. The summed E-state index contributed by atoms with van der Waals surface area (Å²) in [6, 6.07) is 1.20. The van der Waals surface area contributed by atoms with Gasteiger partial charge in [-0.05, 0) is 19.9 Å². The van der Waals surface area contributed by atoms with Gasteiger partial charge in [0.05, 0.1) is 6.04 Å². The van der Waals surface area contributed by atoms with E-state index >= 15 is 0 Å². The highest BCUT2D eigenvalue weighted by molar-refractivity contribution is 5.92. The van der Waals surface area contributed by atoms with Crippen LogP contribution >= 0.6 is 0 Å². The molecule has 0 bridgehead atoms. The first-order chi connectivity index (χ1) is 6.54. The van der Waals surface area contributed by atoms with E-state index in [2.05, 4.69) is 10.4 Å². The molecule has 0 aliphatic heterocycles. The second-order valence-electron chi connectivity index (χ2n) is 3.32. The summed E-state index contributed by atoms with van der Waals surface area (Å²) in [6.07, 6.45) is 0. The van der Waals surface area contributed by atoms with Crippen LogP contribution in [0, 0.1) is 6.92 Å². The van der Waals surface area contributed by atoms with Gasteiger partial charge in [-0.3, -0.25) is 9.48 Å². The summed E-state index contributed by atoms with van der Waals surface area (Å²) in [4.78, 5) is 11.4. The Hall–Kier alpha value is -1.39. The molecule has 14 heavy (non-hydrogen) atoms. The van der Waals surface area contributed by atoms with Gasteiger partial charge in [-0.1, -0.05) is 0 Å². The summed E-state index contributed by atoms with van der Waals surface area (Å²) in [6.45, 7) is 2.88. The van der Waals surface area contributed by atoms with Gasteiger partial charge in [0.15, 0.2) is 0 Å². The lowest BCUT2D eigenvalue weighted by molar-refractivity contribution is 0.0928. The minimum absolute atomic E-state index is 0.324. The number of carbonyl (C=O) groups excluding carboxylic acids is 1. The third-order valence-electron chi connectivity index (χ3n) is 1.96. The molecule has 0 aromatic carbocycles. The lowest BCUT2D eigenvalue weighted by atomic mass is 10.3. The minimum Gasteiger partial charge on any atom is -0.346 e. The van der Waals surface area contributed by atoms with E-state index in [1.807, 2.05) is 6.92 Å². The van der Waals surface area contributed by atoms with Crippen molar-refractivity contribution in [2.75, 3.05) is 6.67 Å². The first-order valence-corrected chi connectivity index (χ1v) is 4.42. The average molecular weight is 199 g/mol. The lowest BCUT2D eigenvalue weighted by Crippen LogP contribution is -2.34. The molecule has 0 fully saturated rings. The highest BCUT2D eigenvalue weighted by Gasteiger charge is 2.12. The molecular weight excluding hydrogens is 185 g/mol. The van der Waals surface area contributed by atoms with Gasteiger partial charge in [0.25, 0.3) is 5.91 Å². The second kappa shape index (κ2) is 4.21. The first-order valence-electron chi connectivity index (χ1n) is 4.42. The zero-order valence-electron chi connectivity index (χ0n) is 8.54. The smallest absolute Gasteiger partial charge is 0.272 e. The summed E-state index contributed by atoms with van der Waals surface area (Å²) in [5, 5.41) is 6.48. The predicted molar refractivity (Wildman–Crippen MR) is 50.8 cm³/mol. The molecule has 78 valence electrons. The number of alkyl halides is 1. The number of carbonyl (C=O) groups is 1. The Labute approximate surface area is 82.1 Å². The Balaban J connectivity index is 2.70. The number of aromatic nitrogens is 2. The van der Waals surface area contributed by atoms with E-state index in [1.54, 1.807) is 24.7 Å². The Morgan fingerprint density at radius 3 is 2.86 bits per heavy atom. The fourth-order valence-electron chi connectivity index (χ4n) is 1.01. The van der Waals surface area contributed by atoms with Crippen molar-refractivity contribution in [1.29, 1.82) is 0 Å². The van der Waals surface area contributed by atoms with Crippen LogP contribution in [0.5, 0.6) is 0 Å². The van der Waals surface area contributed by atoms with Crippen molar-refractivity contribution in [2.45, 2.75) is 19.9 Å². The summed E-state index contributed by atoms with van der Waals surface area (Å²) in [5.74, 6) is -0.334. The highest BCUT2D eigenvalue weighted by atomic mass is 19.1. The van der Waals surface area contributed by atoms with Crippen molar-refractivity contribution in [3.63, 3.8) is 0 Å². The molecule has 0 spiro atoms. The van der Waals surface area contributed by atoms with Gasteiger partial charge in [-0.25, -0.2) is 4.39 Å². The Morgan fingerprint density at radius 1 is 1.79 bits per heavy atom. The molecule has 0 aliphatic carbocycles. The fraction of sp³-hybridized carbons (Fsp3) is 0.556. The molecule has 1 amide bonds. The van der Waals surface area contributed by atoms with Gasteiger partial charge >= 0.3 is 0 Å². The van der Waals surface area contributed by atoms with E-state index in [0.29, 0.717) is 5.69 Å². The van der Waals surface area contributed by atoms with Gasteiger partial charge in [-0.2, -0.15) is 5.10 Å². The summed E-state index contributed by atoms with van der Waals surface area (Å²) in [7, 11) is 1.75. The second-order valence-corrected chi connectivity index (χ2v) is 3.32. The molecule has 0 radical (unpaired) electrons. The van der Waals surface area contributed by atoms with Crippen LogP contribution in [0.3, 0.4) is 0 Å². The van der Waals surface area contributed by atoms with Crippen molar-refractivity contribution in [3.8, 4) is 0 Å². The van der Waals surface area contributed by atoms with E-state index in [9.17, 15) is 9.18 Å². The Kier molecular flexibility index (Phi) is 3.22. The van der Waals surface area contributed by atoms with Gasteiger partial charge in [0.1, 0.15) is 12.4 Å². The number of nitrogens with zero attached hydrogens (tertiary/aromatic N) is 2. The number of halogens is 1. The number of rotatable bonds is 3. The van der Waals surface area contributed by atoms with Gasteiger partial charge in [0, 0.05) is 12.7 Å². The molecule has 4 nitrogen and oxygen atoms in total. The molecule has 0 saturated heterocycles. The van der Waals surface area contributed by atoms with Crippen LogP contribution in [0.15, 0.2) is 6.07 Å². The van der Waals surface area contributed by atoms with E-state index in [-0.39, 0.29) is 5.91 Å². The standard InChI is InChI=1S/C9H14FN3O/c1-6(5-10)11-9(14)8-4-7(2)13(3)12-8/h4,6H,5H2,1-3H3,(H,11,14)/t6-/m0/s1. The van der Waals surface area contributed by atoms with E-state index in [4.69, 9.17) is 0 Å². The summed E-state index contributed by atoms with van der Waals surface area (Å²) in [5.41, 5.74) is 1.22. The molecule has 1 atom stereocenters. The number of amides is 1. The van der Waals surface area contributed by atoms with Crippen LogP contribution in [-0.2, 0) is 7.05 Å². The van der Waals surface area contributed by atoms with Crippen LogP contribution in [0.25, 0.3) is 0 Å². The third kappa shape index (κ3) is 2.31. The highest BCUT2D eigenvalue weighted by Crippen LogP contribution is 2.01. The Bertz CT molecular complexity index is 315. The molecular formula is C9H14FN3O. The number of hydrogen-bond donors (Lipinski definition) is 1. The zero-order chi connectivity index (χ0) is 10.7. The normalized spacial score (nSPS) is 12.6. The molecule has 1 N–H and O–H groups in total. The fourth-order valence-corrected chi connectivity index (χ4v) is 1.01. The molecule has 1 rings (SSSR count). The molecule has 0 unspecified atom stereocenters. The largest absolute Gasteiger partial charge is 0.346 e. The van der Waals surface area contributed by atoms with E-state index in [1.165, 1.54) is 0 Å². The number of aryl methyl sites for hydroxylation is 2. The molecule has 5 heteroatoms. The topological polar surface area (TPSA) is 46.9 Å². The Morgan fingerprint density at radius 2 is 2.43 bits per heavy atom. The van der Waals surface area contributed by atoms with Crippen molar-refractivity contribution in [1.82, 2.24) is 15.1 Å². The van der Waals surface area contributed by atoms with Crippen LogP contribution in [-0.4, -0.2) is 28.4 Å². The van der Waals surface area contributed by atoms with E-state index in [0.717, 1.165) is 5.69 Å². The molecule has 1 heterocycles. The van der Waals surface area contributed by atoms with Gasteiger partial charge in [-0.15, -0.1) is 0 Å². The SMILES string of the molecule is Cc1cc(C(=O)N[C@@H](C)CF)nn1C.